The Morgan fingerprint density at radius 2 is 1.81 bits per heavy atom. The van der Waals surface area contributed by atoms with Gasteiger partial charge < -0.3 is 14.8 Å². The van der Waals surface area contributed by atoms with Crippen LogP contribution in [0.2, 0.25) is 0 Å². The third-order valence-corrected chi connectivity index (χ3v) is 5.00. The fraction of sp³-hybridized carbons (Fsp3) is 0.579. The zero-order valence-electron chi connectivity index (χ0n) is 15.9. The Bertz CT molecular complexity index is 685. The number of methoxy groups -OCH3 is 2. The third kappa shape index (κ3) is 3.96. The van der Waals surface area contributed by atoms with Crippen LogP contribution in [0, 0.1) is 5.41 Å². The van der Waals surface area contributed by atoms with Crippen LogP contribution in [-0.2, 0) is 4.79 Å². The van der Waals surface area contributed by atoms with Gasteiger partial charge in [0.1, 0.15) is 0 Å². The van der Waals surface area contributed by atoms with Crippen LogP contribution < -0.4 is 14.8 Å². The van der Waals surface area contributed by atoms with Crippen LogP contribution in [-0.4, -0.2) is 50.0 Å². The average molecular weight is 382 g/mol. The topological polar surface area (TPSA) is 63.2 Å². The highest BCUT2D eigenvalue weighted by Crippen LogP contribution is 2.35. The van der Waals surface area contributed by atoms with Gasteiger partial charge in [-0.3, -0.25) is 4.79 Å². The first kappa shape index (κ1) is 20.5. The summed E-state index contributed by atoms with van der Waals surface area (Å²) in [5.74, 6) is 1.47. The number of carbonyl (C=O) groups excluding carboxylic acids is 1. The molecule has 2 aliphatic rings. The minimum atomic E-state index is -0.463. The van der Waals surface area contributed by atoms with Crippen LogP contribution in [0.5, 0.6) is 11.5 Å². The van der Waals surface area contributed by atoms with Crippen molar-refractivity contribution in [2.75, 3.05) is 27.3 Å². The van der Waals surface area contributed by atoms with Gasteiger partial charge in [0.15, 0.2) is 11.5 Å². The Morgan fingerprint density at radius 1 is 1.15 bits per heavy atom. The molecule has 1 amide bonds. The highest BCUT2D eigenvalue weighted by molar-refractivity contribution is 6.06. The van der Waals surface area contributed by atoms with Crippen molar-refractivity contribution < 1.29 is 14.3 Å². The Kier molecular flexibility index (Phi) is 6.53. The van der Waals surface area contributed by atoms with Gasteiger partial charge in [0.25, 0.3) is 0 Å². The molecular formula is C19H28ClN3O3. The highest BCUT2D eigenvalue weighted by atomic mass is 35.5. The van der Waals surface area contributed by atoms with E-state index in [9.17, 15) is 4.79 Å². The van der Waals surface area contributed by atoms with Crippen molar-refractivity contribution in [2.24, 2.45) is 10.5 Å². The number of hydrazone groups is 1. The van der Waals surface area contributed by atoms with Crippen molar-refractivity contribution in [2.45, 2.75) is 39.2 Å². The van der Waals surface area contributed by atoms with Gasteiger partial charge in [-0.2, -0.15) is 5.10 Å². The van der Waals surface area contributed by atoms with Gasteiger partial charge in [0, 0.05) is 12.0 Å². The molecule has 0 radical (unpaired) electrons. The van der Waals surface area contributed by atoms with Crippen LogP contribution in [0.3, 0.4) is 0 Å². The number of nitrogens with one attached hydrogen (secondary N) is 1. The van der Waals surface area contributed by atoms with Gasteiger partial charge in [-0.1, -0.05) is 13.8 Å². The van der Waals surface area contributed by atoms with E-state index in [0.717, 1.165) is 37.2 Å². The molecule has 0 unspecified atom stereocenters. The summed E-state index contributed by atoms with van der Waals surface area (Å²) in [7, 11) is 3.25. The molecule has 1 aromatic rings. The summed E-state index contributed by atoms with van der Waals surface area (Å²) in [4.78, 5) is 12.9. The molecule has 0 aromatic heterocycles. The van der Waals surface area contributed by atoms with E-state index in [1.165, 1.54) is 0 Å². The van der Waals surface area contributed by atoms with Crippen molar-refractivity contribution in [3.05, 3.63) is 23.8 Å². The maximum absolute atomic E-state index is 12.9. The summed E-state index contributed by atoms with van der Waals surface area (Å²) in [6.07, 6.45) is 2.48. The van der Waals surface area contributed by atoms with Crippen LogP contribution in [0.25, 0.3) is 0 Å². The van der Waals surface area contributed by atoms with Gasteiger partial charge >= 0.3 is 0 Å². The molecule has 0 aliphatic carbocycles. The zero-order valence-corrected chi connectivity index (χ0v) is 16.7. The maximum atomic E-state index is 12.9. The van der Waals surface area contributed by atoms with Crippen LogP contribution in [0.4, 0.5) is 0 Å². The second kappa shape index (κ2) is 8.27. The van der Waals surface area contributed by atoms with E-state index in [4.69, 9.17) is 14.6 Å². The number of halogens is 1. The molecule has 1 aromatic carbocycles. The number of piperidine rings is 1. The standard InChI is InChI=1S/C19H27N3O3.ClH/c1-19(2)12-15(13-5-6-16(24-3)17(11-13)25-4)21-22(18(19)23)14-7-9-20-10-8-14;/h5-6,11,14,20H,7-10,12H2,1-4H3;1H. The Labute approximate surface area is 161 Å². The second-order valence-electron chi connectivity index (χ2n) is 7.31. The molecule has 26 heavy (non-hydrogen) atoms. The molecule has 0 saturated carbocycles. The van der Waals surface area contributed by atoms with Crippen LogP contribution in [0.1, 0.15) is 38.7 Å². The Balaban J connectivity index is 0.00000243. The van der Waals surface area contributed by atoms with E-state index in [1.807, 2.05) is 32.0 Å². The number of hydrogen-bond donors (Lipinski definition) is 1. The van der Waals surface area contributed by atoms with Crippen LogP contribution >= 0.6 is 12.4 Å². The molecule has 6 nitrogen and oxygen atoms in total. The van der Waals surface area contributed by atoms with E-state index < -0.39 is 5.41 Å². The molecule has 144 valence electrons. The van der Waals surface area contributed by atoms with Crippen molar-refractivity contribution in [1.82, 2.24) is 10.3 Å². The number of hydrogen-bond acceptors (Lipinski definition) is 5. The monoisotopic (exact) mass is 381 g/mol. The molecule has 1 N–H and O–H groups in total. The molecular weight excluding hydrogens is 354 g/mol. The fourth-order valence-electron chi connectivity index (χ4n) is 3.49. The lowest BCUT2D eigenvalue weighted by atomic mass is 9.82. The Morgan fingerprint density at radius 3 is 2.42 bits per heavy atom. The van der Waals surface area contributed by atoms with E-state index in [0.29, 0.717) is 17.9 Å². The average Bonchev–Trinajstić information content (AvgIpc) is 2.63. The molecule has 1 saturated heterocycles. The van der Waals surface area contributed by atoms with Crippen molar-refractivity contribution in [3.8, 4) is 11.5 Å². The minimum absolute atomic E-state index is 0. The van der Waals surface area contributed by atoms with Crippen molar-refractivity contribution >= 4 is 24.0 Å². The quantitative estimate of drug-likeness (QED) is 0.871. The van der Waals surface area contributed by atoms with Crippen LogP contribution in [0.15, 0.2) is 23.3 Å². The van der Waals surface area contributed by atoms with E-state index >= 15 is 0 Å². The third-order valence-electron chi connectivity index (χ3n) is 5.00. The van der Waals surface area contributed by atoms with Crippen molar-refractivity contribution in [3.63, 3.8) is 0 Å². The predicted molar refractivity (Wildman–Crippen MR) is 104 cm³/mol. The summed E-state index contributed by atoms with van der Waals surface area (Å²) in [6, 6.07) is 5.97. The van der Waals surface area contributed by atoms with Gasteiger partial charge in [-0.05, 0) is 44.1 Å². The first-order chi connectivity index (χ1) is 12.0. The first-order valence-electron chi connectivity index (χ1n) is 8.80. The van der Waals surface area contributed by atoms with Gasteiger partial charge in [0.2, 0.25) is 5.91 Å². The normalized spacial score (nSPS) is 20.2. The molecule has 1 fully saturated rings. The summed E-state index contributed by atoms with van der Waals surface area (Å²) in [5.41, 5.74) is 1.43. The van der Waals surface area contributed by atoms with Gasteiger partial charge in [0.05, 0.1) is 31.4 Å². The van der Waals surface area contributed by atoms with E-state index in [-0.39, 0.29) is 24.4 Å². The summed E-state index contributed by atoms with van der Waals surface area (Å²) in [5, 5.41) is 9.84. The fourth-order valence-corrected chi connectivity index (χ4v) is 3.49. The number of carbonyl (C=O) groups is 1. The van der Waals surface area contributed by atoms with Crippen molar-refractivity contribution in [1.29, 1.82) is 0 Å². The number of nitrogens with zero attached hydrogens (tertiary/aromatic N) is 2. The summed E-state index contributed by atoms with van der Waals surface area (Å²) >= 11 is 0. The maximum Gasteiger partial charge on any atom is 0.248 e. The SMILES string of the molecule is COc1ccc(C2=NN(C3CCNCC3)C(=O)C(C)(C)C2)cc1OC.Cl. The number of amides is 1. The molecule has 0 atom stereocenters. The number of rotatable bonds is 4. The molecule has 3 rings (SSSR count). The lowest BCUT2D eigenvalue weighted by molar-refractivity contribution is -0.144. The van der Waals surface area contributed by atoms with E-state index in [1.54, 1.807) is 19.2 Å². The number of ether oxygens (including phenoxy) is 2. The first-order valence-corrected chi connectivity index (χ1v) is 8.80. The summed E-state index contributed by atoms with van der Waals surface area (Å²) in [6.45, 7) is 5.85. The molecule has 0 bridgehead atoms. The van der Waals surface area contributed by atoms with Gasteiger partial charge in [-0.25, -0.2) is 5.01 Å². The molecule has 7 heteroatoms. The van der Waals surface area contributed by atoms with E-state index in [2.05, 4.69) is 5.32 Å². The minimum Gasteiger partial charge on any atom is -0.493 e. The molecule has 2 heterocycles. The predicted octanol–water partition coefficient (Wildman–Crippen LogP) is 2.84. The smallest absolute Gasteiger partial charge is 0.248 e. The zero-order chi connectivity index (χ0) is 18.0. The Hall–Kier alpha value is -1.79. The second-order valence-corrected chi connectivity index (χ2v) is 7.31. The lowest BCUT2D eigenvalue weighted by Gasteiger charge is -2.40. The largest absolute Gasteiger partial charge is 0.493 e. The molecule has 2 aliphatic heterocycles. The molecule has 0 spiro atoms. The van der Waals surface area contributed by atoms with Gasteiger partial charge in [-0.15, -0.1) is 12.4 Å². The number of benzene rings is 1. The lowest BCUT2D eigenvalue weighted by Crippen LogP contribution is -2.51. The summed E-state index contributed by atoms with van der Waals surface area (Å²) < 4.78 is 10.7. The highest BCUT2D eigenvalue weighted by Gasteiger charge is 2.41.